The molecule has 0 saturated heterocycles. The van der Waals surface area contributed by atoms with Gasteiger partial charge in [0.15, 0.2) is 4.34 Å². The number of rotatable bonds is 4. The number of thioether (sulfide) groups is 1. The van der Waals surface area contributed by atoms with Gasteiger partial charge in [0.05, 0.1) is 0 Å². The van der Waals surface area contributed by atoms with Crippen LogP contribution in [0.5, 0.6) is 0 Å². The molecule has 1 rings (SSSR count). The molecule has 0 fully saturated rings. The third-order valence-electron chi connectivity index (χ3n) is 0.869. The van der Waals surface area contributed by atoms with Crippen molar-refractivity contribution in [3.05, 3.63) is 6.33 Å². The highest BCUT2D eigenvalue weighted by Crippen LogP contribution is 2.18. The van der Waals surface area contributed by atoms with Gasteiger partial charge in [0, 0.05) is 12.4 Å². The predicted octanol–water partition coefficient (Wildman–Crippen LogP) is 1.01. The van der Waals surface area contributed by atoms with Gasteiger partial charge in [0.2, 0.25) is 0 Å². The smallest absolute Gasteiger partial charge is 0.169 e. The van der Waals surface area contributed by atoms with E-state index in [2.05, 4.69) is 9.36 Å². The molecular formula is C5H8N2OS2. The normalized spacial score (nSPS) is 10.1. The first-order chi connectivity index (χ1) is 4.93. The Hall–Kier alpha value is -0.130. The van der Waals surface area contributed by atoms with E-state index in [1.54, 1.807) is 18.1 Å². The fourth-order valence-electron chi connectivity index (χ4n) is 0.451. The molecule has 0 bridgehead atoms. The minimum absolute atomic E-state index is 0.256. The van der Waals surface area contributed by atoms with E-state index < -0.39 is 0 Å². The van der Waals surface area contributed by atoms with Gasteiger partial charge in [-0.2, -0.15) is 4.37 Å². The maximum Gasteiger partial charge on any atom is 0.169 e. The van der Waals surface area contributed by atoms with Crippen molar-refractivity contribution < 1.29 is 5.11 Å². The van der Waals surface area contributed by atoms with Crippen LogP contribution < -0.4 is 0 Å². The van der Waals surface area contributed by atoms with Crippen LogP contribution >= 0.6 is 23.3 Å². The Labute approximate surface area is 67.7 Å². The highest BCUT2D eigenvalue weighted by molar-refractivity contribution is 8.00. The van der Waals surface area contributed by atoms with Gasteiger partial charge in [-0.3, -0.25) is 0 Å². The zero-order chi connectivity index (χ0) is 7.23. The van der Waals surface area contributed by atoms with Gasteiger partial charge in [-0.15, -0.1) is 0 Å². The molecule has 1 N–H and O–H groups in total. The molecule has 1 aromatic heterocycles. The van der Waals surface area contributed by atoms with Crippen LogP contribution in [-0.2, 0) is 0 Å². The Morgan fingerprint density at radius 2 is 2.60 bits per heavy atom. The number of aliphatic hydroxyl groups excluding tert-OH is 1. The fraction of sp³-hybridized carbons (Fsp3) is 0.600. The first-order valence-corrected chi connectivity index (χ1v) is 4.69. The van der Waals surface area contributed by atoms with E-state index >= 15 is 0 Å². The van der Waals surface area contributed by atoms with Crippen molar-refractivity contribution in [3.63, 3.8) is 0 Å². The Balaban J connectivity index is 2.15. The lowest BCUT2D eigenvalue weighted by Gasteiger charge is -1.91. The predicted molar refractivity (Wildman–Crippen MR) is 42.3 cm³/mol. The average Bonchev–Trinajstić information content (AvgIpc) is 2.41. The molecule has 10 heavy (non-hydrogen) atoms. The van der Waals surface area contributed by atoms with E-state index in [-0.39, 0.29) is 6.61 Å². The van der Waals surface area contributed by atoms with E-state index in [0.717, 1.165) is 16.5 Å². The summed E-state index contributed by atoms with van der Waals surface area (Å²) < 4.78 is 4.83. The summed E-state index contributed by atoms with van der Waals surface area (Å²) in [5.74, 6) is 0.922. The van der Waals surface area contributed by atoms with Crippen LogP contribution in [0.2, 0.25) is 0 Å². The van der Waals surface area contributed by atoms with Gasteiger partial charge < -0.3 is 5.11 Å². The van der Waals surface area contributed by atoms with Gasteiger partial charge in [0.25, 0.3) is 0 Å². The molecule has 0 aliphatic rings. The van der Waals surface area contributed by atoms with Crippen LogP contribution in [0, 0.1) is 0 Å². The molecule has 3 nitrogen and oxygen atoms in total. The molecule has 5 heteroatoms. The lowest BCUT2D eigenvalue weighted by molar-refractivity contribution is 0.296. The summed E-state index contributed by atoms with van der Waals surface area (Å²) in [6, 6.07) is 0. The standard InChI is InChI=1S/C5H8N2OS2/c8-2-1-3-9-5-6-4-7-10-5/h4,8H,1-3H2. The van der Waals surface area contributed by atoms with Gasteiger partial charge in [-0.25, -0.2) is 4.98 Å². The van der Waals surface area contributed by atoms with Crippen LogP contribution in [0.1, 0.15) is 6.42 Å². The average molecular weight is 176 g/mol. The maximum atomic E-state index is 8.45. The molecule has 0 radical (unpaired) electrons. The first-order valence-electron chi connectivity index (χ1n) is 2.94. The Morgan fingerprint density at radius 3 is 3.20 bits per heavy atom. The third-order valence-corrected chi connectivity index (χ3v) is 2.75. The van der Waals surface area contributed by atoms with Gasteiger partial charge in [-0.05, 0) is 18.0 Å². The molecule has 1 heterocycles. The summed E-state index contributed by atoms with van der Waals surface area (Å²) in [5, 5.41) is 8.45. The summed E-state index contributed by atoms with van der Waals surface area (Å²) in [6.07, 6.45) is 2.37. The second-order valence-corrected chi connectivity index (χ2v) is 3.75. The van der Waals surface area contributed by atoms with Crippen molar-refractivity contribution in [2.45, 2.75) is 10.8 Å². The summed E-state index contributed by atoms with van der Waals surface area (Å²) in [6.45, 7) is 0.256. The largest absolute Gasteiger partial charge is 0.396 e. The van der Waals surface area contributed by atoms with Crippen LogP contribution in [0.3, 0.4) is 0 Å². The summed E-state index contributed by atoms with van der Waals surface area (Å²) in [5.41, 5.74) is 0. The van der Waals surface area contributed by atoms with E-state index in [4.69, 9.17) is 5.11 Å². The first kappa shape index (κ1) is 7.97. The molecule has 1 aromatic rings. The number of aromatic nitrogens is 2. The van der Waals surface area contributed by atoms with E-state index in [9.17, 15) is 0 Å². The van der Waals surface area contributed by atoms with Crippen LogP contribution in [-0.4, -0.2) is 26.8 Å². The molecule has 0 aliphatic heterocycles. The number of nitrogens with zero attached hydrogens (tertiary/aromatic N) is 2. The van der Waals surface area contributed by atoms with Gasteiger partial charge in [-0.1, -0.05) is 11.8 Å². The minimum Gasteiger partial charge on any atom is -0.396 e. The van der Waals surface area contributed by atoms with E-state index in [0.29, 0.717) is 0 Å². The van der Waals surface area contributed by atoms with E-state index in [1.165, 1.54) is 11.5 Å². The van der Waals surface area contributed by atoms with E-state index in [1.807, 2.05) is 0 Å². The van der Waals surface area contributed by atoms with Crippen molar-refractivity contribution in [3.8, 4) is 0 Å². The Morgan fingerprint density at radius 1 is 1.70 bits per heavy atom. The summed E-state index contributed by atoms with van der Waals surface area (Å²) in [4.78, 5) is 3.98. The highest BCUT2D eigenvalue weighted by Gasteiger charge is 1.94. The van der Waals surface area contributed by atoms with Crippen molar-refractivity contribution in [2.24, 2.45) is 0 Å². The minimum atomic E-state index is 0.256. The maximum absolute atomic E-state index is 8.45. The lowest BCUT2D eigenvalue weighted by Crippen LogP contribution is -1.84. The number of hydrogen-bond donors (Lipinski definition) is 1. The molecule has 0 aliphatic carbocycles. The second kappa shape index (κ2) is 4.65. The SMILES string of the molecule is OCCCSc1ncns1. The van der Waals surface area contributed by atoms with Crippen molar-refractivity contribution in [1.29, 1.82) is 0 Å². The van der Waals surface area contributed by atoms with Crippen molar-refractivity contribution >= 4 is 23.3 Å². The highest BCUT2D eigenvalue weighted by atomic mass is 32.2. The topological polar surface area (TPSA) is 46.0 Å². The van der Waals surface area contributed by atoms with Crippen LogP contribution in [0.15, 0.2) is 10.7 Å². The quantitative estimate of drug-likeness (QED) is 0.549. The molecule has 0 spiro atoms. The molecular weight excluding hydrogens is 168 g/mol. The molecule has 0 unspecified atom stereocenters. The molecule has 0 saturated carbocycles. The van der Waals surface area contributed by atoms with Crippen molar-refractivity contribution in [2.75, 3.05) is 12.4 Å². The van der Waals surface area contributed by atoms with Crippen LogP contribution in [0.4, 0.5) is 0 Å². The Bertz CT molecular complexity index is 166. The van der Waals surface area contributed by atoms with Crippen molar-refractivity contribution in [1.82, 2.24) is 9.36 Å². The molecule has 0 amide bonds. The molecule has 0 aromatic carbocycles. The second-order valence-electron chi connectivity index (χ2n) is 1.63. The number of aliphatic hydroxyl groups is 1. The monoisotopic (exact) mass is 176 g/mol. The third kappa shape index (κ3) is 2.64. The number of hydrogen-bond acceptors (Lipinski definition) is 5. The molecule has 0 atom stereocenters. The molecule has 56 valence electrons. The summed E-state index contributed by atoms with van der Waals surface area (Å²) in [7, 11) is 0. The van der Waals surface area contributed by atoms with Crippen LogP contribution in [0.25, 0.3) is 0 Å². The lowest BCUT2D eigenvalue weighted by atomic mass is 10.5. The Kier molecular flexibility index (Phi) is 3.71. The zero-order valence-corrected chi connectivity index (χ0v) is 6.99. The zero-order valence-electron chi connectivity index (χ0n) is 5.36. The summed E-state index contributed by atoms with van der Waals surface area (Å²) >= 11 is 3.03. The van der Waals surface area contributed by atoms with Gasteiger partial charge in [0.1, 0.15) is 6.33 Å². The fourth-order valence-corrected chi connectivity index (χ4v) is 1.89. The van der Waals surface area contributed by atoms with Gasteiger partial charge >= 0.3 is 0 Å².